The zero-order chi connectivity index (χ0) is 27.3. The highest BCUT2D eigenvalue weighted by molar-refractivity contribution is 7.98. The van der Waals surface area contributed by atoms with Gasteiger partial charge in [0, 0.05) is 18.6 Å². The zero-order valence-electron chi connectivity index (χ0n) is 19.7. The fourth-order valence-corrected chi connectivity index (χ4v) is 3.65. The van der Waals surface area contributed by atoms with E-state index >= 15 is 0 Å². The first-order chi connectivity index (χ1) is 17.0. The fourth-order valence-electron chi connectivity index (χ4n) is 3.02. The molecule has 0 fully saturated rings. The molecule has 0 aliphatic carbocycles. The van der Waals surface area contributed by atoms with E-state index in [1.54, 1.807) is 6.26 Å². The number of nitrogens with two attached hydrogens (primary N) is 1. The Labute approximate surface area is 218 Å². The second kappa shape index (κ2) is 15.9. The van der Waals surface area contributed by atoms with Gasteiger partial charge < -0.3 is 37.0 Å². The number of thioether (sulfide) groups is 1. The average Bonchev–Trinajstić information content (AvgIpc) is 2.83. The molecular weight excluding hydrogens is 512 g/mol. The highest BCUT2D eigenvalue weighted by atomic mass is 32.2. The average molecular weight is 545 g/mol. The molecule has 4 unspecified atom stereocenters. The molecule has 1 aromatic carbocycles. The van der Waals surface area contributed by atoms with Crippen LogP contribution in [0.3, 0.4) is 0 Å². The number of rotatable bonds is 16. The van der Waals surface area contributed by atoms with Crippen LogP contribution in [0.4, 0.5) is 0 Å². The maximum Gasteiger partial charge on any atom is 0.326 e. The van der Waals surface area contributed by atoms with Gasteiger partial charge in [-0.15, -0.1) is 0 Å². The Morgan fingerprint density at radius 2 is 1.44 bits per heavy atom. The number of amides is 3. The Morgan fingerprint density at radius 3 is 1.94 bits per heavy atom. The van der Waals surface area contributed by atoms with E-state index in [-0.39, 0.29) is 30.8 Å². The zero-order valence-corrected chi connectivity index (χ0v) is 21.4. The number of benzene rings is 1. The number of aromatic hydroxyl groups is 1. The molecule has 0 aliphatic rings. The highest BCUT2D eigenvalue weighted by Gasteiger charge is 2.30. The van der Waals surface area contributed by atoms with Crippen LogP contribution in [0.15, 0.2) is 24.3 Å². The smallest absolute Gasteiger partial charge is 0.326 e. The molecule has 0 heterocycles. The van der Waals surface area contributed by atoms with Gasteiger partial charge in [0.1, 0.15) is 23.9 Å². The standard InChI is InChI=1S/C22H32N4O8S2/c1-36-9-8-16(24-19(30)14(23)11-35)21(32)25-15(6-7-18(28)29)20(31)26-17(22(33)34)10-12-2-4-13(27)5-3-12/h2-5,14-17,27,35H,6-11,23H2,1H3,(H,24,30)(H,25,32)(H,26,31)(H,28,29)(H,33,34). The third-order valence-corrected chi connectivity index (χ3v) is 6.09. The van der Waals surface area contributed by atoms with Crippen molar-refractivity contribution < 1.29 is 39.3 Å². The first kappa shape index (κ1) is 31.1. The molecule has 1 rings (SSSR count). The van der Waals surface area contributed by atoms with Crippen molar-refractivity contribution in [3.63, 3.8) is 0 Å². The van der Waals surface area contributed by atoms with E-state index < -0.39 is 60.2 Å². The lowest BCUT2D eigenvalue weighted by molar-refractivity contribution is -0.143. The van der Waals surface area contributed by atoms with Crippen LogP contribution in [0.5, 0.6) is 5.75 Å². The van der Waals surface area contributed by atoms with E-state index in [0.717, 1.165) is 0 Å². The van der Waals surface area contributed by atoms with Gasteiger partial charge in [0.05, 0.1) is 6.04 Å². The number of carbonyl (C=O) groups is 5. The molecular formula is C22H32N4O8S2. The molecule has 3 amide bonds. The number of phenols is 1. The molecule has 12 nitrogen and oxygen atoms in total. The van der Waals surface area contributed by atoms with Gasteiger partial charge in [-0.25, -0.2) is 4.79 Å². The predicted octanol–water partition coefficient (Wildman–Crippen LogP) is -0.651. The van der Waals surface area contributed by atoms with Gasteiger partial charge >= 0.3 is 11.9 Å². The summed E-state index contributed by atoms with van der Waals surface area (Å²) in [7, 11) is 0. The van der Waals surface area contributed by atoms with Gasteiger partial charge in [0.25, 0.3) is 0 Å². The molecule has 0 saturated carbocycles. The number of phenolic OH excluding ortho intramolecular Hbond substituents is 1. The van der Waals surface area contributed by atoms with Crippen molar-refractivity contribution in [2.24, 2.45) is 5.73 Å². The lowest BCUT2D eigenvalue weighted by Gasteiger charge is -2.25. The van der Waals surface area contributed by atoms with Crippen molar-refractivity contribution in [3.05, 3.63) is 29.8 Å². The maximum absolute atomic E-state index is 12.9. The Hall–Kier alpha value is -2.97. The van der Waals surface area contributed by atoms with E-state index in [0.29, 0.717) is 11.3 Å². The van der Waals surface area contributed by atoms with Crippen LogP contribution >= 0.6 is 24.4 Å². The number of carbonyl (C=O) groups excluding carboxylic acids is 3. The number of carboxylic acid groups (broad SMARTS) is 2. The van der Waals surface area contributed by atoms with Gasteiger partial charge in [-0.2, -0.15) is 24.4 Å². The van der Waals surface area contributed by atoms with Gasteiger partial charge in [-0.1, -0.05) is 12.1 Å². The third-order valence-electron chi connectivity index (χ3n) is 5.05. The molecule has 0 aliphatic heterocycles. The second-order valence-corrected chi connectivity index (χ2v) is 9.25. The van der Waals surface area contributed by atoms with Crippen molar-refractivity contribution in [2.75, 3.05) is 17.8 Å². The highest BCUT2D eigenvalue weighted by Crippen LogP contribution is 2.12. The summed E-state index contributed by atoms with van der Waals surface area (Å²) in [6, 6.07) is 0.965. The summed E-state index contributed by atoms with van der Waals surface area (Å²) in [6.45, 7) is 0. The van der Waals surface area contributed by atoms with E-state index in [1.165, 1.54) is 36.0 Å². The summed E-state index contributed by atoms with van der Waals surface area (Å²) in [5, 5.41) is 35.3. The SMILES string of the molecule is CSCCC(NC(=O)C(N)CS)C(=O)NC(CCC(=O)O)C(=O)NC(Cc1ccc(O)cc1)C(=O)O. The summed E-state index contributed by atoms with van der Waals surface area (Å²) < 4.78 is 0. The van der Waals surface area contributed by atoms with Crippen LogP contribution < -0.4 is 21.7 Å². The van der Waals surface area contributed by atoms with Crippen molar-refractivity contribution in [3.8, 4) is 5.75 Å². The largest absolute Gasteiger partial charge is 0.508 e. The first-order valence-corrected chi connectivity index (χ1v) is 13.0. The number of carboxylic acids is 2. The summed E-state index contributed by atoms with van der Waals surface area (Å²) in [5.41, 5.74) is 6.17. The number of thiol groups is 1. The quantitative estimate of drug-likeness (QED) is 0.123. The molecule has 8 N–H and O–H groups in total. The van der Waals surface area contributed by atoms with E-state index in [2.05, 4.69) is 28.6 Å². The maximum atomic E-state index is 12.9. The molecule has 1 aromatic rings. The predicted molar refractivity (Wildman–Crippen MR) is 137 cm³/mol. The van der Waals surface area contributed by atoms with Gasteiger partial charge in [0.15, 0.2) is 0 Å². The van der Waals surface area contributed by atoms with Crippen LogP contribution in [0, 0.1) is 0 Å². The molecule has 200 valence electrons. The monoisotopic (exact) mass is 544 g/mol. The van der Waals surface area contributed by atoms with Crippen molar-refractivity contribution in [1.82, 2.24) is 16.0 Å². The van der Waals surface area contributed by atoms with E-state index in [1.807, 2.05) is 0 Å². The molecule has 0 radical (unpaired) electrons. The minimum absolute atomic E-state index is 0.00967. The normalized spacial score (nSPS) is 14.1. The van der Waals surface area contributed by atoms with Gasteiger partial charge in [-0.3, -0.25) is 19.2 Å². The Morgan fingerprint density at radius 1 is 0.917 bits per heavy atom. The van der Waals surface area contributed by atoms with Crippen LogP contribution in [0.2, 0.25) is 0 Å². The minimum Gasteiger partial charge on any atom is -0.508 e. The topological polar surface area (TPSA) is 208 Å². The second-order valence-electron chi connectivity index (χ2n) is 7.90. The lowest BCUT2D eigenvalue weighted by atomic mass is 10.0. The van der Waals surface area contributed by atoms with Crippen LogP contribution in [0.25, 0.3) is 0 Å². The number of hydrogen-bond donors (Lipinski definition) is 8. The molecule has 14 heteroatoms. The number of aliphatic carboxylic acids is 2. The Balaban J connectivity index is 3.02. The van der Waals surface area contributed by atoms with Crippen molar-refractivity contribution >= 4 is 54.1 Å². The summed E-state index contributed by atoms with van der Waals surface area (Å²) in [6.07, 6.45) is 1.12. The van der Waals surface area contributed by atoms with E-state index in [9.17, 15) is 34.2 Å². The van der Waals surface area contributed by atoms with Crippen molar-refractivity contribution in [2.45, 2.75) is 49.9 Å². The first-order valence-electron chi connectivity index (χ1n) is 11.0. The molecule has 0 bridgehead atoms. The Bertz CT molecular complexity index is 916. The number of nitrogens with one attached hydrogen (secondary N) is 3. The van der Waals surface area contributed by atoms with E-state index in [4.69, 9.17) is 10.8 Å². The summed E-state index contributed by atoms with van der Waals surface area (Å²) in [5.74, 6) is -4.27. The number of hydrogen-bond acceptors (Lipinski definition) is 9. The van der Waals surface area contributed by atoms with Gasteiger partial charge in [-0.05, 0) is 42.5 Å². The van der Waals surface area contributed by atoms with Crippen LogP contribution in [-0.4, -0.2) is 86.9 Å². The fraction of sp³-hybridized carbons (Fsp3) is 0.500. The Kier molecular flexibility index (Phi) is 13.7. The molecule has 0 aromatic heterocycles. The molecule has 0 saturated heterocycles. The molecule has 36 heavy (non-hydrogen) atoms. The summed E-state index contributed by atoms with van der Waals surface area (Å²) in [4.78, 5) is 60.9. The summed E-state index contributed by atoms with van der Waals surface area (Å²) >= 11 is 5.38. The van der Waals surface area contributed by atoms with Crippen LogP contribution in [0.1, 0.15) is 24.8 Å². The van der Waals surface area contributed by atoms with Crippen LogP contribution in [-0.2, 0) is 30.4 Å². The van der Waals surface area contributed by atoms with Crippen molar-refractivity contribution in [1.29, 1.82) is 0 Å². The third kappa shape index (κ3) is 11.2. The van der Waals surface area contributed by atoms with Gasteiger partial charge in [0.2, 0.25) is 17.7 Å². The minimum atomic E-state index is -1.38. The molecule has 0 spiro atoms. The lowest BCUT2D eigenvalue weighted by Crippen LogP contribution is -2.57. The molecule has 4 atom stereocenters.